The number of amides is 2. The van der Waals surface area contributed by atoms with Gasteiger partial charge in [0.05, 0.1) is 13.2 Å². The molecule has 0 spiro atoms. The Kier molecular flexibility index (Phi) is 5.12. The van der Waals surface area contributed by atoms with Crippen molar-refractivity contribution < 1.29 is 14.3 Å². The molecule has 0 bridgehead atoms. The molecule has 2 amide bonds. The molecule has 1 fully saturated rings. The van der Waals surface area contributed by atoms with E-state index in [-0.39, 0.29) is 6.03 Å². The molecule has 1 aromatic heterocycles. The van der Waals surface area contributed by atoms with Crippen molar-refractivity contribution in [3.63, 3.8) is 0 Å². The first-order valence-corrected chi connectivity index (χ1v) is 7.80. The van der Waals surface area contributed by atoms with Gasteiger partial charge in [0.25, 0.3) is 0 Å². The monoisotopic (exact) mass is 328 g/mol. The number of hydrogen-bond acceptors (Lipinski definition) is 5. The number of benzene rings is 1. The second-order valence-electron chi connectivity index (χ2n) is 5.28. The summed E-state index contributed by atoms with van der Waals surface area (Å²) in [5, 5.41) is 5.84. The summed E-state index contributed by atoms with van der Waals surface area (Å²) < 4.78 is 11.0. The number of nitrogens with one attached hydrogen (secondary N) is 2. The molecule has 2 aromatic rings. The fraction of sp³-hybridized carbons (Fsp3) is 0.294. The lowest BCUT2D eigenvalue weighted by Gasteiger charge is -2.26. The molecule has 0 radical (unpaired) electrons. The lowest BCUT2D eigenvalue weighted by Crippen LogP contribution is -2.43. The third kappa shape index (κ3) is 4.14. The van der Waals surface area contributed by atoms with Crippen molar-refractivity contribution in [3.8, 4) is 11.5 Å². The maximum atomic E-state index is 12.2. The molecule has 7 heteroatoms. The minimum Gasteiger partial charge on any atom is -0.457 e. The van der Waals surface area contributed by atoms with E-state index in [1.807, 2.05) is 31.3 Å². The van der Waals surface area contributed by atoms with Crippen LogP contribution in [0.5, 0.6) is 11.5 Å². The average molecular weight is 328 g/mol. The normalized spacial score (nSPS) is 14.1. The third-order valence-electron chi connectivity index (χ3n) is 3.64. The van der Waals surface area contributed by atoms with Crippen molar-refractivity contribution in [2.45, 2.75) is 0 Å². The van der Waals surface area contributed by atoms with E-state index in [2.05, 4.69) is 15.6 Å². The number of carbonyl (C=O) groups is 1. The first-order chi connectivity index (χ1) is 11.7. The van der Waals surface area contributed by atoms with Crippen molar-refractivity contribution in [2.24, 2.45) is 0 Å². The van der Waals surface area contributed by atoms with Gasteiger partial charge in [-0.15, -0.1) is 0 Å². The molecule has 24 heavy (non-hydrogen) atoms. The predicted molar refractivity (Wildman–Crippen MR) is 91.7 cm³/mol. The summed E-state index contributed by atoms with van der Waals surface area (Å²) in [5.74, 6) is 1.78. The second-order valence-corrected chi connectivity index (χ2v) is 5.28. The van der Waals surface area contributed by atoms with E-state index in [1.165, 1.54) is 0 Å². The molecular weight excluding hydrogens is 308 g/mol. The standard InChI is InChI=1S/C17H20N4O3/c1-18-13-2-4-14(5-3-13)24-15-6-7-19-16(12-15)20-17(22)21-8-10-23-11-9-21/h2-7,12,18H,8-11H2,1H3,(H,19,20,22). The number of hydrogen-bond donors (Lipinski definition) is 2. The van der Waals surface area contributed by atoms with Gasteiger partial charge in [0.1, 0.15) is 17.3 Å². The zero-order chi connectivity index (χ0) is 16.8. The highest BCUT2D eigenvalue weighted by molar-refractivity contribution is 5.88. The Bertz CT molecular complexity index is 684. The first-order valence-electron chi connectivity index (χ1n) is 7.80. The van der Waals surface area contributed by atoms with Crippen LogP contribution >= 0.6 is 0 Å². The fourth-order valence-electron chi connectivity index (χ4n) is 2.32. The lowest BCUT2D eigenvalue weighted by molar-refractivity contribution is 0.0564. The van der Waals surface area contributed by atoms with Gasteiger partial charge in [0.15, 0.2) is 0 Å². The Morgan fingerprint density at radius 1 is 1.17 bits per heavy atom. The van der Waals surface area contributed by atoms with E-state index >= 15 is 0 Å². The van der Waals surface area contributed by atoms with Crippen molar-refractivity contribution >= 4 is 17.5 Å². The highest BCUT2D eigenvalue weighted by Crippen LogP contribution is 2.24. The van der Waals surface area contributed by atoms with Crippen LogP contribution in [0.1, 0.15) is 0 Å². The molecular formula is C17H20N4O3. The van der Waals surface area contributed by atoms with Crippen molar-refractivity contribution in [1.29, 1.82) is 0 Å². The molecule has 0 aliphatic carbocycles. The van der Waals surface area contributed by atoms with E-state index < -0.39 is 0 Å². The van der Waals surface area contributed by atoms with E-state index in [1.54, 1.807) is 23.2 Å². The summed E-state index contributed by atoms with van der Waals surface area (Å²) in [6.45, 7) is 2.29. The molecule has 126 valence electrons. The minimum atomic E-state index is -0.179. The van der Waals surface area contributed by atoms with Crippen LogP contribution in [-0.4, -0.2) is 49.3 Å². The SMILES string of the molecule is CNc1ccc(Oc2ccnc(NC(=O)N3CCOCC3)c2)cc1. The molecule has 1 aliphatic heterocycles. The highest BCUT2D eigenvalue weighted by atomic mass is 16.5. The van der Waals surface area contributed by atoms with Gasteiger partial charge >= 0.3 is 6.03 Å². The topological polar surface area (TPSA) is 75.7 Å². The summed E-state index contributed by atoms with van der Waals surface area (Å²) in [4.78, 5) is 18.0. The molecule has 0 atom stereocenters. The van der Waals surface area contributed by atoms with Crippen molar-refractivity contribution in [1.82, 2.24) is 9.88 Å². The Labute approximate surface area is 140 Å². The Balaban J connectivity index is 1.63. The smallest absolute Gasteiger partial charge is 0.323 e. The number of pyridine rings is 1. The highest BCUT2D eigenvalue weighted by Gasteiger charge is 2.17. The number of rotatable bonds is 4. The minimum absolute atomic E-state index is 0.179. The Hall–Kier alpha value is -2.80. The van der Waals surface area contributed by atoms with Crippen LogP contribution in [0.3, 0.4) is 0 Å². The van der Waals surface area contributed by atoms with Gasteiger partial charge in [-0.05, 0) is 30.3 Å². The van der Waals surface area contributed by atoms with E-state index in [0.29, 0.717) is 43.6 Å². The van der Waals surface area contributed by atoms with Crippen LogP contribution in [0.25, 0.3) is 0 Å². The molecule has 1 aliphatic rings. The maximum absolute atomic E-state index is 12.2. The van der Waals surface area contributed by atoms with Crippen molar-refractivity contribution in [3.05, 3.63) is 42.6 Å². The number of ether oxygens (including phenoxy) is 2. The van der Waals surface area contributed by atoms with Gasteiger partial charge in [0.2, 0.25) is 0 Å². The molecule has 0 saturated carbocycles. The molecule has 2 heterocycles. The molecule has 0 unspecified atom stereocenters. The van der Waals surface area contributed by atoms with E-state index in [9.17, 15) is 4.79 Å². The zero-order valence-corrected chi connectivity index (χ0v) is 13.5. The van der Waals surface area contributed by atoms with Gasteiger partial charge in [-0.25, -0.2) is 9.78 Å². The van der Waals surface area contributed by atoms with Gasteiger partial charge in [-0.1, -0.05) is 0 Å². The summed E-state index contributed by atoms with van der Waals surface area (Å²) in [6.07, 6.45) is 1.60. The zero-order valence-electron chi connectivity index (χ0n) is 13.5. The van der Waals surface area contributed by atoms with Crippen LogP contribution in [-0.2, 0) is 4.74 Å². The number of nitrogens with zero attached hydrogens (tertiary/aromatic N) is 2. The Morgan fingerprint density at radius 3 is 2.62 bits per heavy atom. The quantitative estimate of drug-likeness (QED) is 0.902. The second kappa shape index (κ2) is 7.65. The number of anilines is 2. The summed E-state index contributed by atoms with van der Waals surface area (Å²) >= 11 is 0. The largest absolute Gasteiger partial charge is 0.457 e. The number of carbonyl (C=O) groups excluding carboxylic acids is 1. The maximum Gasteiger partial charge on any atom is 0.323 e. The first kappa shape index (κ1) is 16.1. The fourth-order valence-corrected chi connectivity index (χ4v) is 2.32. The summed E-state index contributed by atoms with van der Waals surface area (Å²) in [6, 6.07) is 10.9. The van der Waals surface area contributed by atoms with Crippen LogP contribution in [0, 0.1) is 0 Å². The average Bonchev–Trinajstić information content (AvgIpc) is 2.63. The van der Waals surface area contributed by atoms with Crippen LogP contribution in [0.2, 0.25) is 0 Å². The Morgan fingerprint density at radius 2 is 1.92 bits per heavy atom. The van der Waals surface area contributed by atoms with Crippen LogP contribution in [0.4, 0.5) is 16.3 Å². The molecule has 7 nitrogen and oxygen atoms in total. The van der Waals surface area contributed by atoms with E-state index in [4.69, 9.17) is 9.47 Å². The van der Waals surface area contributed by atoms with Gasteiger partial charge in [-0.3, -0.25) is 5.32 Å². The van der Waals surface area contributed by atoms with Crippen molar-refractivity contribution in [2.75, 3.05) is 44.0 Å². The number of morpholine rings is 1. The number of aromatic nitrogens is 1. The summed E-state index contributed by atoms with van der Waals surface area (Å²) in [5.41, 5.74) is 1.01. The molecule has 3 rings (SSSR count). The number of urea groups is 1. The van der Waals surface area contributed by atoms with Gasteiger partial charge < -0.3 is 19.7 Å². The lowest BCUT2D eigenvalue weighted by atomic mass is 10.3. The molecule has 1 aromatic carbocycles. The van der Waals surface area contributed by atoms with Crippen LogP contribution < -0.4 is 15.4 Å². The molecule has 1 saturated heterocycles. The predicted octanol–water partition coefficient (Wildman–Crippen LogP) is 2.78. The van der Waals surface area contributed by atoms with Gasteiger partial charge in [0, 0.05) is 38.1 Å². The van der Waals surface area contributed by atoms with Crippen LogP contribution in [0.15, 0.2) is 42.6 Å². The molecule has 2 N–H and O–H groups in total. The van der Waals surface area contributed by atoms with E-state index in [0.717, 1.165) is 5.69 Å². The summed E-state index contributed by atoms with van der Waals surface area (Å²) in [7, 11) is 1.86. The van der Waals surface area contributed by atoms with Gasteiger partial charge in [-0.2, -0.15) is 0 Å². The third-order valence-corrected chi connectivity index (χ3v) is 3.64.